The van der Waals surface area contributed by atoms with Gasteiger partial charge in [0.05, 0.1) is 25.1 Å². The molecule has 2 N–H and O–H groups in total. The van der Waals surface area contributed by atoms with Gasteiger partial charge in [0, 0.05) is 0 Å². The van der Waals surface area contributed by atoms with Crippen LogP contribution in [-0.2, 0) is 19.6 Å². The Balaban J connectivity index is 2.35. The molecule has 6 nitrogen and oxygen atoms in total. The summed E-state index contributed by atoms with van der Waals surface area (Å²) in [5.74, 6) is -0.518. The molecular weight excluding hydrogens is 268 g/mol. The summed E-state index contributed by atoms with van der Waals surface area (Å²) < 4.78 is 31.0. The second kappa shape index (κ2) is 5.68. The predicted molar refractivity (Wildman–Crippen MR) is 67.8 cm³/mol. The van der Waals surface area contributed by atoms with Crippen molar-refractivity contribution in [3.8, 4) is 0 Å². The van der Waals surface area contributed by atoms with Gasteiger partial charge in [-0.1, -0.05) is 18.2 Å². The van der Waals surface area contributed by atoms with Crippen LogP contribution >= 0.6 is 0 Å². The fraction of sp³-hybridized carbons (Fsp3) is 0.417. The number of methoxy groups -OCH3 is 1. The molecule has 0 spiro atoms. The van der Waals surface area contributed by atoms with Crippen LogP contribution in [0, 0.1) is 0 Å². The highest BCUT2D eigenvalue weighted by molar-refractivity contribution is 7.89. The van der Waals surface area contributed by atoms with Crippen LogP contribution in [0.2, 0.25) is 0 Å². The molecule has 104 valence electrons. The largest absolute Gasteiger partial charge is 0.468 e. The van der Waals surface area contributed by atoms with Gasteiger partial charge in [-0.05, 0) is 12.1 Å². The molecule has 0 amide bonds. The van der Waals surface area contributed by atoms with Crippen molar-refractivity contribution in [2.75, 3.05) is 26.7 Å². The van der Waals surface area contributed by atoms with E-state index in [1.54, 1.807) is 18.2 Å². The van der Waals surface area contributed by atoms with Gasteiger partial charge >= 0.3 is 5.97 Å². The quantitative estimate of drug-likeness (QED) is 0.707. The van der Waals surface area contributed by atoms with E-state index in [0.717, 1.165) is 0 Å². The number of esters is 1. The molecule has 7 heteroatoms. The van der Waals surface area contributed by atoms with Crippen LogP contribution in [0.15, 0.2) is 35.2 Å². The van der Waals surface area contributed by atoms with Crippen molar-refractivity contribution in [3.05, 3.63) is 30.3 Å². The maximum atomic E-state index is 12.5. The molecule has 0 saturated carbocycles. The topological polar surface area (TPSA) is 80.3 Å². The summed E-state index contributed by atoms with van der Waals surface area (Å²) >= 11 is 0. The van der Waals surface area contributed by atoms with Crippen molar-refractivity contribution in [1.29, 1.82) is 0 Å². The van der Waals surface area contributed by atoms with E-state index in [9.17, 15) is 13.2 Å². The fourth-order valence-corrected chi connectivity index (χ4v) is 3.76. The molecule has 0 aromatic heterocycles. The fourth-order valence-electron chi connectivity index (χ4n) is 2.13. The number of quaternary nitrogens is 1. The molecule has 1 fully saturated rings. The second-order valence-corrected chi connectivity index (χ2v) is 6.17. The third-order valence-electron chi connectivity index (χ3n) is 3.11. The first-order valence-electron chi connectivity index (χ1n) is 6.04. The molecule has 0 aliphatic carbocycles. The number of carbonyl (C=O) groups is 1. The van der Waals surface area contributed by atoms with Gasteiger partial charge in [-0.3, -0.25) is 4.79 Å². The zero-order valence-corrected chi connectivity index (χ0v) is 11.5. The monoisotopic (exact) mass is 285 g/mol. The van der Waals surface area contributed by atoms with E-state index in [1.165, 1.54) is 23.5 Å². The van der Waals surface area contributed by atoms with E-state index >= 15 is 0 Å². The molecule has 2 rings (SSSR count). The molecule has 0 bridgehead atoms. The van der Waals surface area contributed by atoms with Crippen molar-refractivity contribution in [1.82, 2.24) is 4.31 Å². The van der Waals surface area contributed by atoms with Crippen LogP contribution < -0.4 is 5.32 Å². The van der Waals surface area contributed by atoms with E-state index in [2.05, 4.69) is 4.74 Å². The molecule has 19 heavy (non-hydrogen) atoms. The lowest BCUT2D eigenvalue weighted by Crippen LogP contribution is -2.92. The number of carbonyl (C=O) groups excluding carboxylic acids is 1. The minimum absolute atomic E-state index is 0.200. The Hall–Kier alpha value is -1.44. The number of hydrogen-bond donors (Lipinski definition) is 1. The van der Waals surface area contributed by atoms with E-state index in [0.29, 0.717) is 19.6 Å². The van der Waals surface area contributed by atoms with Crippen LogP contribution in [0.3, 0.4) is 0 Å². The van der Waals surface area contributed by atoms with Gasteiger partial charge in [-0.2, -0.15) is 4.31 Å². The average molecular weight is 285 g/mol. The van der Waals surface area contributed by atoms with E-state index in [-0.39, 0.29) is 4.90 Å². The second-order valence-electron chi connectivity index (χ2n) is 4.28. The van der Waals surface area contributed by atoms with Gasteiger partial charge in [-0.15, -0.1) is 0 Å². The third-order valence-corrected chi connectivity index (χ3v) is 5.04. The zero-order valence-electron chi connectivity index (χ0n) is 10.7. The van der Waals surface area contributed by atoms with Gasteiger partial charge in [0.2, 0.25) is 10.0 Å². The van der Waals surface area contributed by atoms with E-state index in [1.807, 2.05) is 5.32 Å². The Bertz CT molecular complexity index is 544. The SMILES string of the molecule is COC(=O)[C@H]1C[NH2+]CCN1S(=O)(=O)c1ccccc1. The third kappa shape index (κ3) is 2.78. The minimum Gasteiger partial charge on any atom is -0.468 e. The highest BCUT2D eigenvalue weighted by Gasteiger charge is 2.40. The summed E-state index contributed by atoms with van der Waals surface area (Å²) in [5, 5.41) is 1.92. The Morgan fingerprint density at radius 3 is 2.68 bits per heavy atom. The molecule has 1 aromatic carbocycles. The first-order chi connectivity index (χ1) is 9.07. The lowest BCUT2D eigenvalue weighted by Gasteiger charge is -2.31. The van der Waals surface area contributed by atoms with Crippen LogP contribution in [0.5, 0.6) is 0 Å². The molecule has 1 aliphatic heterocycles. The molecule has 1 atom stereocenters. The Morgan fingerprint density at radius 2 is 2.05 bits per heavy atom. The molecule has 1 heterocycles. The van der Waals surface area contributed by atoms with Crippen LogP contribution in [-0.4, -0.2) is 51.5 Å². The van der Waals surface area contributed by atoms with Crippen molar-refractivity contribution in [3.63, 3.8) is 0 Å². The number of nitrogens with two attached hydrogens (primary N) is 1. The zero-order chi connectivity index (χ0) is 13.9. The normalized spacial score (nSPS) is 21.0. The molecular formula is C12H17N2O4S+. The van der Waals surface area contributed by atoms with Crippen molar-refractivity contribution >= 4 is 16.0 Å². The summed E-state index contributed by atoms with van der Waals surface area (Å²) in [6.45, 7) is 1.33. The van der Waals surface area contributed by atoms with Crippen LogP contribution in [0.1, 0.15) is 0 Å². The average Bonchev–Trinajstić information content (AvgIpc) is 2.47. The molecule has 1 aliphatic rings. The number of hydrogen-bond acceptors (Lipinski definition) is 4. The summed E-state index contributed by atoms with van der Waals surface area (Å²) in [6.07, 6.45) is 0. The molecule has 1 aromatic rings. The number of nitrogens with zero attached hydrogens (tertiary/aromatic N) is 1. The predicted octanol–water partition coefficient (Wildman–Crippen LogP) is -1.20. The maximum absolute atomic E-state index is 12.5. The first kappa shape index (κ1) is 14.0. The van der Waals surface area contributed by atoms with E-state index in [4.69, 9.17) is 0 Å². The van der Waals surface area contributed by atoms with Crippen molar-refractivity contribution < 1.29 is 23.3 Å². The number of ether oxygens (including phenoxy) is 1. The molecule has 1 saturated heterocycles. The number of rotatable bonds is 3. The first-order valence-corrected chi connectivity index (χ1v) is 7.48. The Kier molecular flexibility index (Phi) is 4.18. The van der Waals surface area contributed by atoms with Crippen molar-refractivity contribution in [2.24, 2.45) is 0 Å². The molecule has 0 unspecified atom stereocenters. The lowest BCUT2D eigenvalue weighted by molar-refractivity contribution is -0.665. The Labute approximate surface area is 112 Å². The van der Waals surface area contributed by atoms with Gasteiger partial charge in [-0.25, -0.2) is 8.42 Å². The molecule has 0 radical (unpaired) electrons. The van der Waals surface area contributed by atoms with Crippen LogP contribution in [0.4, 0.5) is 0 Å². The van der Waals surface area contributed by atoms with Gasteiger partial charge in [0.25, 0.3) is 0 Å². The van der Waals surface area contributed by atoms with Crippen LogP contribution in [0.25, 0.3) is 0 Å². The summed E-state index contributed by atoms with van der Waals surface area (Å²) in [5.41, 5.74) is 0. The standard InChI is InChI=1S/C12H16N2O4S/c1-18-12(15)11-9-13-7-8-14(11)19(16,17)10-5-3-2-4-6-10/h2-6,11,13H,7-9H2,1H3/p+1/t11-/m1/s1. The number of sulfonamides is 1. The van der Waals surface area contributed by atoms with Gasteiger partial charge in [0.1, 0.15) is 6.54 Å². The summed E-state index contributed by atoms with van der Waals surface area (Å²) in [4.78, 5) is 11.9. The van der Waals surface area contributed by atoms with Gasteiger partial charge in [0.15, 0.2) is 6.04 Å². The highest BCUT2D eigenvalue weighted by Crippen LogP contribution is 2.18. The highest BCUT2D eigenvalue weighted by atomic mass is 32.2. The summed E-state index contributed by atoms with van der Waals surface area (Å²) in [6, 6.07) is 7.38. The smallest absolute Gasteiger partial charge is 0.330 e. The van der Waals surface area contributed by atoms with E-state index < -0.39 is 22.0 Å². The lowest BCUT2D eigenvalue weighted by atomic mass is 10.2. The number of benzene rings is 1. The van der Waals surface area contributed by atoms with Gasteiger partial charge < -0.3 is 10.1 Å². The summed E-state index contributed by atoms with van der Waals surface area (Å²) in [7, 11) is -2.39. The minimum atomic E-state index is -3.65. The Morgan fingerprint density at radius 1 is 1.37 bits per heavy atom. The maximum Gasteiger partial charge on any atom is 0.330 e. The van der Waals surface area contributed by atoms with Crippen molar-refractivity contribution in [2.45, 2.75) is 10.9 Å². The number of piperazine rings is 1.